The summed E-state index contributed by atoms with van der Waals surface area (Å²) in [5, 5.41) is 30.9. The van der Waals surface area contributed by atoms with E-state index in [0.29, 0.717) is 0 Å². The van der Waals surface area contributed by atoms with Gasteiger partial charge >= 0.3 is 19.1 Å². The number of rotatable bonds is 7. The molecule has 0 bridgehead atoms. The molecule has 10 nitrogen and oxygen atoms in total. The van der Waals surface area contributed by atoms with Gasteiger partial charge in [0.05, 0.1) is 38.5 Å². The molecule has 1 heterocycles. The minimum atomic E-state index is -1.90. The van der Waals surface area contributed by atoms with Gasteiger partial charge < -0.3 is 34.8 Å². The van der Waals surface area contributed by atoms with Crippen LogP contribution in [0.4, 0.5) is 5.69 Å². The van der Waals surface area contributed by atoms with Gasteiger partial charge in [-0.05, 0) is 12.1 Å². The van der Waals surface area contributed by atoms with Gasteiger partial charge in [-0.15, -0.1) is 0 Å². The van der Waals surface area contributed by atoms with Crippen LogP contribution in [-0.2, 0) is 19.1 Å². The minimum absolute atomic E-state index is 0.00217. The summed E-state index contributed by atoms with van der Waals surface area (Å²) in [6.45, 7) is -0.379. The molecule has 144 valence electrons. The Bertz CT molecular complexity index is 793. The van der Waals surface area contributed by atoms with E-state index in [2.05, 4.69) is 14.8 Å². The average molecular weight is 378 g/mol. The number of nitrogens with one attached hydrogen (secondary N) is 1. The number of aliphatic hydroxyl groups is 1. The Kier molecular flexibility index (Phi) is 6.56. The van der Waals surface area contributed by atoms with Gasteiger partial charge in [0.1, 0.15) is 5.70 Å². The summed E-state index contributed by atoms with van der Waals surface area (Å²) in [6, 6.07) is 3.88. The van der Waals surface area contributed by atoms with E-state index in [9.17, 15) is 24.4 Å². The number of hydrogen-bond donors (Lipinski definition) is 4. The van der Waals surface area contributed by atoms with E-state index in [4.69, 9.17) is 5.11 Å². The van der Waals surface area contributed by atoms with E-state index in [0.717, 1.165) is 7.11 Å². The summed E-state index contributed by atoms with van der Waals surface area (Å²) in [4.78, 5) is 37.5. The highest BCUT2D eigenvalue weighted by molar-refractivity contribution is 6.60. The Morgan fingerprint density at radius 2 is 1.89 bits per heavy atom. The number of hydrogen-bond acceptors (Lipinski definition) is 9. The fourth-order valence-corrected chi connectivity index (χ4v) is 2.62. The number of carbonyl (C=O) groups excluding carboxylic acids is 3. The number of aliphatic hydroxyl groups excluding tert-OH is 1. The van der Waals surface area contributed by atoms with Gasteiger partial charge in [0.25, 0.3) is 5.91 Å². The second kappa shape index (κ2) is 8.67. The highest BCUT2D eigenvalue weighted by Gasteiger charge is 2.35. The van der Waals surface area contributed by atoms with Gasteiger partial charge in [0.15, 0.2) is 0 Å². The lowest BCUT2D eigenvalue weighted by Gasteiger charge is -2.16. The molecule has 0 fully saturated rings. The van der Waals surface area contributed by atoms with Crippen molar-refractivity contribution in [3.63, 3.8) is 0 Å². The molecule has 0 atom stereocenters. The minimum Gasteiger partial charge on any atom is -0.466 e. The molecule has 0 spiro atoms. The number of β-amino-alcohol motifs (C(OH)–C–C–N with tert-alkyl or cyclic N) is 1. The number of ether oxygens (including phenoxy) is 2. The highest BCUT2D eigenvalue weighted by atomic mass is 16.5. The van der Waals surface area contributed by atoms with Crippen molar-refractivity contribution < 1.29 is 39.0 Å². The van der Waals surface area contributed by atoms with Crippen LogP contribution >= 0.6 is 0 Å². The molecule has 1 aromatic rings. The number of anilines is 1. The summed E-state index contributed by atoms with van der Waals surface area (Å²) < 4.78 is 9.31. The number of carbonyl (C=O) groups is 3. The lowest BCUT2D eigenvalue weighted by Crippen LogP contribution is -2.34. The van der Waals surface area contributed by atoms with Crippen LogP contribution in [0.2, 0.25) is 0 Å². The zero-order valence-corrected chi connectivity index (χ0v) is 14.8. The van der Waals surface area contributed by atoms with Crippen molar-refractivity contribution in [1.29, 1.82) is 0 Å². The predicted octanol–water partition coefficient (Wildman–Crippen LogP) is -2.17. The van der Waals surface area contributed by atoms with Crippen molar-refractivity contribution in [3.8, 4) is 0 Å². The van der Waals surface area contributed by atoms with Crippen molar-refractivity contribution >= 4 is 36.1 Å². The molecule has 0 saturated carbocycles. The molecule has 0 saturated heterocycles. The maximum atomic E-state index is 12.6. The lowest BCUT2D eigenvalue weighted by molar-refractivity contribution is -0.136. The molecule has 0 aromatic heterocycles. The Morgan fingerprint density at radius 1 is 1.22 bits per heavy atom. The third-order valence-corrected chi connectivity index (χ3v) is 3.97. The van der Waals surface area contributed by atoms with Gasteiger partial charge in [-0.3, -0.25) is 4.79 Å². The van der Waals surface area contributed by atoms with Crippen molar-refractivity contribution in [2.75, 3.05) is 39.2 Å². The zero-order valence-electron chi connectivity index (χ0n) is 14.8. The Morgan fingerprint density at radius 3 is 2.44 bits per heavy atom. The molecule has 2 rings (SSSR count). The number of nitrogens with zero attached hydrogens (tertiary/aromatic N) is 1. The summed E-state index contributed by atoms with van der Waals surface area (Å²) in [6.07, 6.45) is 0. The van der Waals surface area contributed by atoms with E-state index in [1.807, 2.05) is 0 Å². The second-order valence-electron chi connectivity index (χ2n) is 5.59. The highest BCUT2D eigenvalue weighted by Crippen LogP contribution is 2.23. The van der Waals surface area contributed by atoms with Gasteiger partial charge in [-0.25, -0.2) is 9.59 Å². The molecule has 1 aromatic carbocycles. The van der Waals surface area contributed by atoms with E-state index < -0.39 is 25.0 Å². The molecule has 4 N–H and O–H groups in total. The van der Waals surface area contributed by atoms with Crippen LogP contribution in [0.3, 0.4) is 0 Å². The van der Waals surface area contributed by atoms with Gasteiger partial charge in [-0.2, -0.15) is 0 Å². The summed E-state index contributed by atoms with van der Waals surface area (Å²) >= 11 is 0. The van der Waals surface area contributed by atoms with Crippen molar-refractivity contribution in [3.05, 3.63) is 35.0 Å². The maximum Gasteiger partial charge on any atom is 0.490 e. The normalized spacial score (nSPS) is 13.7. The van der Waals surface area contributed by atoms with Crippen LogP contribution < -0.4 is 10.8 Å². The Balaban J connectivity index is 2.49. The largest absolute Gasteiger partial charge is 0.490 e. The third-order valence-electron chi connectivity index (χ3n) is 3.97. The Hall–Kier alpha value is -2.89. The summed E-state index contributed by atoms with van der Waals surface area (Å²) in [7, 11) is 0.453. The standard InChI is InChI=1S/C16H19BN2O8/c1-26-15(22)9-3-4-11(17(24)25)12(7-9)18-13-10(16(23)27-2)8-19(5-6-20)14(13)21/h3-4,7,18,20,24-25H,5-6,8H2,1-2H3. The van der Waals surface area contributed by atoms with Crippen molar-refractivity contribution in [2.24, 2.45) is 0 Å². The molecule has 11 heteroatoms. The van der Waals surface area contributed by atoms with Crippen LogP contribution in [0.1, 0.15) is 10.4 Å². The van der Waals surface area contributed by atoms with E-state index in [1.54, 1.807) is 0 Å². The fraction of sp³-hybridized carbons (Fsp3) is 0.312. The van der Waals surface area contributed by atoms with Crippen molar-refractivity contribution in [1.82, 2.24) is 4.90 Å². The number of amides is 1. The monoisotopic (exact) mass is 378 g/mol. The quantitative estimate of drug-likeness (QED) is 0.307. The molecule has 1 aliphatic rings. The number of benzene rings is 1. The fourth-order valence-electron chi connectivity index (χ4n) is 2.62. The summed E-state index contributed by atoms with van der Waals surface area (Å²) in [5.41, 5.74) is -0.0180. The second-order valence-corrected chi connectivity index (χ2v) is 5.59. The van der Waals surface area contributed by atoms with E-state index >= 15 is 0 Å². The Labute approximate surface area is 155 Å². The molecule has 0 radical (unpaired) electrons. The van der Waals surface area contributed by atoms with Gasteiger partial charge in [0.2, 0.25) is 0 Å². The van der Waals surface area contributed by atoms with Crippen LogP contribution in [0, 0.1) is 0 Å². The van der Waals surface area contributed by atoms with Crippen LogP contribution in [-0.4, -0.2) is 78.9 Å². The third kappa shape index (κ3) is 4.27. The first-order chi connectivity index (χ1) is 12.8. The summed E-state index contributed by atoms with van der Waals surface area (Å²) in [5.74, 6) is -1.99. The van der Waals surface area contributed by atoms with Gasteiger partial charge in [-0.1, -0.05) is 6.07 Å². The average Bonchev–Trinajstić information content (AvgIpc) is 2.96. The predicted molar refractivity (Wildman–Crippen MR) is 93.9 cm³/mol. The van der Waals surface area contributed by atoms with Crippen LogP contribution in [0.5, 0.6) is 0 Å². The molecular weight excluding hydrogens is 359 g/mol. The molecule has 0 unspecified atom stereocenters. The van der Waals surface area contributed by atoms with E-state index in [1.165, 1.54) is 30.2 Å². The molecular formula is C16H19BN2O8. The lowest BCUT2D eigenvalue weighted by atomic mass is 9.78. The first kappa shape index (κ1) is 20.4. The SMILES string of the molecule is COC(=O)C1=C(Nc2cc(C(=O)OC)ccc2B(O)O)C(=O)N(CCO)C1. The maximum absolute atomic E-state index is 12.6. The molecule has 1 amide bonds. The first-order valence-corrected chi connectivity index (χ1v) is 7.91. The topological polar surface area (TPSA) is 146 Å². The first-order valence-electron chi connectivity index (χ1n) is 7.91. The molecule has 1 aliphatic heterocycles. The van der Waals surface area contributed by atoms with Gasteiger partial charge in [0, 0.05) is 17.7 Å². The molecule has 0 aliphatic carbocycles. The number of esters is 2. The zero-order chi connectivity index (χ0) is 20.1. The number of methoxy groups -OCH3 is 2. The van der Waals surface area contributed by atoms with E-state index in [-0.39, 0.29) is 47.7 Å². The smallest absolute Gasteiger partial charge is 0.466 e. The van der Waals surface area contributed by atoms with Crippen molar-refractivity contribution in [2.45, 2.75) is 0 Å². The molecule has 27 heavy (non-hydrogen) atoms. The van der Waals surface area contributed by atoms with Crippen LogP contribution in [0.15, 0.2) is 29.5 Å². The van der Waals surface area contributed by atoms with Crippen LogP contribution in [0.25, 0.3) is 0 Å².